The first-order valence-corrected chi connectivity index (χ1v) is 5.39. The van der Waals surface area contributed by atoms with E-state index in [2.05, 4.69) is 15.0 Å². The van der Waals surface area contributed by atoms with Crippen LogP contribution in [0.25, 0.3) is 22.2 Å². The molecule has 0 aliphatic rings. The Labute approximate surface area is 101 Å². The molecule has 0 amide bonds. The Balaban J connectivity index is 2.39. The van der Waals surface area contributed by atoms with Gasteiger partial charge < -0.3 is 0 Å². The highest BCUT2D eigenvalue weighted by atomic mass is 14.8. The lowest BCUT2D eigenvalue weighted by Gasteiger charge is -2.07. The van der Waals surface area contributed by atoms with E-state index in [9.17, 15) is 0 Å². The van der Waals surface area contributed by atoms with Crippen LogP contribution >= 0.6 is 0 Å². The van der Waals surface area contributed by atoms with E-state index in [1.807, 2.05) is 31.3 Å². The normalized spacial score (nSPS) is 11.5. The fourth-order valence-corrected chi connectivity index (χ4v) is 1.90. The van der Waals surface area contributed by atoms with Gasteiger partial charge in [-0.15, -0.1) is 0 Å². The van der Waals surface area contributed by atoms with E-state index in [0.29, 0.717) is 5.65 Å². The molecular weight excluding hydrogens is 210 g/mol. The zero-order chi connectivity index (χ0) is 12.5. The van der Waals surface area contributed by atoms with Gasteiger partial charge in [0.15, 0.2) is 5.65 Å². The van der Waals surface area contributed by atoms with Crippen LogP contribution in [-0.2, 0) is 0 Å². The van der Waals surface area contributed by atoms with Gasteiger partial charge >= 0.3 is 0 Å². The van der Waals surface area contributed by atoms with Crippen LogP contribution in [0.3, 0.4) is 0 Å². The summed E-state index contributed by atoms with van der Waals surface area (Å²) in [6.45, 7) is 2.03. The molecule has 3 aromatic rings. The second-order valence-electron chi connectivity index (χ2n) is 3.86. The van der Waals surface area contributed by atoms with E-state index in [-0.39, 0.29) is 6.17 Å². The lowest BCUT2D eigenvalue weighted by atomic mass is 10.0. The fourth-order valence-electron chi connectivity index (χ4n) is 1.90. The average molecular weight is 222 g/mol. The van der Waals surface area contributed by atoms with Gasteiger partial charge in [0.25, 0.3) is 0 Å². The summed E-state index contributed by atoms with van der Waals surface area (Å²) in [7, 11) is 0. The van der Waals surface area contributed by atoms with Crippen molar-refractivity contribution in [1.82, 2.24) is 15.0 Å². The molecule has 0 unspecified atom stereocenters. The van der Waals surface area contributed by atoms with Crippen LogP contribution in [0.2, 0.25) is 0 Å². The summed E-state index contributed by atoms with van der Waals surface area (Å²) in [6, 6.07) is 7.56. The summed E-state index contributed by atoms with van der Waals surface area (Å²) in [5.74, 6) is 0. The first-order valence-electron chi connectivity index (χ1n) is 5.89. The topological polar surface area (TPSA) is 38.7 Å². The van der Waals surface area contributed by atoms with Crippen molar-refractivity contribution in [2.75, 3.05) is 0 Å². The zero-order valence-electron chi connectivity index (χ0n) is 10.4. The maximum Gasteiger partial charge on any atom is 0.159 e. The summed E-state index contributed by atoms with van der Waals surface area (Å²) in [5, 5.41) is 0.949. The molecular formula is C14H11N3. The number of pyridine rings is 3. The van der Waals surface area contributed by atoms with E-state index in [1.165, 1.54) is 0 Å². The molecule has 3 aromatic heterocycles. The molecule has 0 saturated heterocycles. The molecule has 0 aromatic carbocycles. The number of fused-ring (bicyclic) bond motifs is 1. The highest BCUT2D eigenvalue weighted by molar-refractivity contribution is 5.92. The number of hydrogen-bond donors (Lipinski definition) is 0. The Morgan fingerprint density at radius 1 is 1.06 bits per heavy atom. The van der Waals surface area contributed by atoms with Gasteiger partial charge in [0, 0.05) is 35.7 Å². The van der Waals surface area contributed by atoms with Gasteiger partial charge in [0.05, 0.1) is 1.37 Å². The Morgan fingerprint density at radius 3 is 2.88 bits per heavy atom. The summed E-state index contributed by atoms with van der Waals surface area (Å²) in [6.07, 6.45) is 5.49. The lowest BCUT2D eigenvalue weighted by molar-refractivity contribution is 1.27. The summed E-state index contributed by atoms with van der Waals surface area (Å²) in [5.41, 5.74) is 3.71. The fraction of sp³-hybridized carbons (Fsp3) is 0.0714. The maximum absolute atomic E-state index is 7.77. The third-order valence-electron chi connectivity index (χ3n) is 2.79. The smallest absolute Gasteiger partial charge is 0.159 e. The molecule has 3 heteroatoms. The molecule has 0 fully saturated rings. The van der Waals surface area contributed by atoms with Crippen molar-refractivity contribution in [3.8, 4) is 11.1 Å². The Morgan fingerprint density at radius 2 is 2.00 bits per heavy atom. The van der Waals surface area contributed by atoms with Crippen LogP contribution < -0.4 is 0 Å². The quantitative estimate of drug-likeness (QED) is 0.635. The van der Waals surface area contributed by atoms with E-state index in [1.54, 1.807) is 18.5 Å². The van der Waals surface area contributed by atoms with Crippen LogP contribution in [0.1, 0.15) is 6.93 Å². The number of hydrogen-bond acceptors (Lipinski definition) is 3. The van der Waals surface area contributed by atoms with Crippen molar-refractivity contribution < 1.29 is 1.37 Å². The Bertz CT molecular complexity index is 725. The molecule has 0 spiro atoms. The average Bonchev–Trinajstić information content (AvgIpc) is 2.38. The minimum atomic E-state index is 0.222. The molecule has 0 aliphatic carbocycles. The molecule has 3 rings (SSSR count). The molecule has 0 radical (unpaired) electrons. The van der Waals surface area contributed by atoms with Crippen LogP contribution in [0.15, 0.2) is 49.0 Å². The number of nitrogens with zero attached hydrogens (tertiary/aromatic N) is 3. The number of aryl methyl sites for hydroxylation is 1. The van der Waals surface area contributed by atoms with Crippen LogP contribution in [0, 0.1) is 6.92 Å². The highest BCUT2D eigenvalue weighted by Crippen LogP contribution is 2.27. The van der Waals surface area contributed by atoms with Gasteiger partial charge in [-0.05, 0) is 42.3 Å². The Kier molecular flexibility index (Phi) is 2.04. The SMILES string of the molecule is [2H]c1cc(-c2cnccc2C)c2cccnc2n1. The lowest BCUT2D eigenvalue weighted by Crippen LogP contribution is -1.89. The molecule has 0 N–H and O–H groups in total. The molecule has 17 heavy (non-hydrogen) atoms. The third kappa shape index (κ3) is 1.65. The zero-order valence-corrected chi connectivity index (χ0v) is 9.38. The van der Waals surface area contributed by atoms with Crippen molar-refractivity contribution in [2.24, 2.45) is 0 Å². The van der Waals surface area contributed by atoms with Crippen LogP contribution in [0.4, 0.5) is 0 Å². The van der Waals surface area contributed by atoms with Crippen molar-refractivity contribution in [2.45, 2.75) is 6.92 Å². The summed E-state index contributed by atoms with van der Waals surface area (Å²) in [4.78, 5) is 12.5. The minimum Gasteiger partial charge on any atom is -0.264 e. The second-order valence-corrected chi connectivity index (χ2v) is 3.86. The number of aromatic nitrogens is 3. The predicted molar refractivity (Wildman–Crippen MR) is 67.5 cm³/mol. The largest absolute Gasteiger partial charge is 0.264 e. The first kappa shape index (κ1) is 8.82. The predicted octanol–water partition coefficient (Wildman–Crippen LogP) is 3.00. The second kappa shape index (κ2) is 3.94. The maximum atomic E-state index is 7.77. The van der Waals surface area contributed by atoms with Crippen molar-refractivity contribution in [3.05, 3.63) is 54.6 Å². The molecule has 0 atom stereocenters. The van der Waals surface area contributed by atoms with Crippen molar-refractivity contribution in [3.63, 3.8) is 0 Å². The van der Waals surface area contributed by atoms with Crippen molar-refractivity contribution in [1.29, 1.82) is 0 Å². The highest BCUT2D eigenvalue weighted by Gasteiger charge is 2.06. The molecule has 0 bridgehead atoms. The minimum absolute atomic E-state index is 0.222. The molecule has 3 nitrogen and oxygen atoms in total. The summed E-state index contributed by atoms with van der Waals surface area (Å²) < 4.78 is 7.77. The number of rotatable bonds is 1. The van der Waals surface area contributed by atoms with E-state index in [4.69, 9.17) is 1.37 Å². The van der Waals surface area contributed by atoms with Gasteiger partial charge in [-0.25, -0.2) is 9.97 Å². The van der Waals surface area contributed by atoms with Crippen molar-refractivity contribution >= 4 is 11.0 Å². The molecule has 0 saturated carbocycles. The third-order valence-corrected chi connectivity index (χ3v) is 2.79. The monoisotopic (exact) mass is 222 g/mol. The van der Waals surface area contributed by atoms with Crippen LogP contribution in [-0.4, -0.2) is 15.0 Å². The van der Waals surface area contributed by atoms with Crippen LogP contribution in [0.5, 0.6) is 0 Å². The van der Waals surface area contributed by atoms with Gasteiger partial charge in [-0.3, -0.25) is 4.98 Å². The molecule has 3 heterocycles. The van der Waals surface area contributed by atoms with E-state index in [0.717, 1.165) is 22.1 Å². The summed E-state index contributed by atoms with van der Waals surface area (Å²) >= 11 is 0. The van der Waals surface area contributed by atoms with Gasteiger partial charge in [-0.1, -0.05) is 0 Å². The van der Waals surface area contributed by atoms with Gasteiger partial charge in [0.1, 0.15) is 0 Å². The van der Waals surface area contributed by atoms with E-state index >= 15 is 0 Å². The van der Waals surface area contributed by atoms with E-state index < -0.39 is 0 Å². The standard InChI is InChI=1S/C14H11N3/c1-10-4-7-15-9-13(10)11-5-8-17-14-12(11)3-2-6-16-14/h2-9H,1H3/i8D. The first-order chi connectivity index (χ1) is 8.75. The molecule has 0 aliphatic heterocycles. The van der Waals surface area contributed by atoms with Gasteiger partial charge in [0.2, 0.25) is 0 Å². The van der Waals surface area contributed by atoms with Gasteiger partial charge in [-0.2, -0.15) is 0 Å². The Hall–Kier alpha value is -2.29. The molecule has 82 valence electrons.